The lowest BCUT2D eigenvalue weighted by Crippen LogP contribution is -2.26. The first kappa shape index (κ1) is 49.5. The Morgan fingerprint density at radius 3 is 1.49 bits per heavy atom. The Morgan fingerprint density at radius 1 is 0.397 bits per heavy atom. The van der Waals surface area contributed by atoms with E-state index in [0.29, 0.717) is 6.67 Å². The monoisotopic (exact) mass is 963 g/mol. The number of benzene rings is 7. The molecular formula is C68H74N4O. The number of hydrogen-bond acceptors (Lipinski definition) is 4. The summed E-state index contributed by atoms with van der Waals surface area (Å²) in [6.45, 7) is 35.1. The second-order valence-corrected chi connectivity index (χ2v) is 24.9. The lowest BCUT2D eigenvalue weighted by atomic mass is 9.78. The van der Waals surface area contributed by atoms with Gasteiger partial charge in [0.2, 0.25) is 0 Å². The van der Waals surface area contributed by atoms with Crippen molar-refractivity contribution in [2.75, 3.05) is 16.5 Å². The molecule has 0 saturated carbocycles. The van der Waals surface area contributed by atoms with E-state index in [1.165, 1.54) is 72.5 Å². The van der Waals surface area contributed by atoms with Crippen molar-refractivity contribution in [2.45, 2.75) is 131 Å². The van der Waals surface area contributed by atoms with Crippen molar-refractivity contribution in [1.29, 1.82) is 0 Å². The van der Waals surface area contributed by atoms with Gasteiger partial charge in [-0.25, -0.2) is 4.98 Å². The number of aryl methyl sites for hydroxylation is 2. The largest absolute Gasteiger partial charge is 0.457 e. The molecule has 1 aliphatic heterocycles. The van der Waals surface area contributed by atoms with Gasteiger partial charge in [-0.3, -0.25) is 4.57 Å². The van der Waals surface area contributed by atoms with Crippen molar-refractivity contribution in [2.24, 2.45) is 0 Å². The maximum absolute atomic E-state index is 7.23. The minimum Gasteiger partial charge on any atom is -0.457 e. The minimum absolute atomic E-state index is 0.0163. The number of nitrogens with zero attached hydrogens (tertiary/aromatic N) is 4. The van der Waals surface area contributed by atoms with Crippen LogP contribution in [0.1, 0.15) is 140 Å². The third kappa shape index (κ3) is 9.21. The zero-order valence-corrected chi connectivity index (χ0v) is 46.0. The highest BCUT2D eigenvalue weighted by Gasteiger charge is 2.34. The van der Waals surface area contributed by atoms with E-state index in [-0.39, 0.29) is 27.1 Å². The first-order valence-electron chi connectivity index (χ1n) is 26.2. The van der Waals surface area contributed by atoms with Crippen LogP contribution in [-0.2, 0) is 27.1 Å². The third-order valence-corrected chi connectivity index (χ3v) is 15.9. The highest BCUT2D eigenvalue weighted by molar-refractivity contribution is 6.10. The molecule has 5 nitrogen and oxygen atoms in total. The SMILES string of the molecule is Cc1cc2c(cc1C)N(c1cc(Oc3ccc4c5cc(C(C)(C)c6ccccc6)ccc5n(-c5cc(C(C)(C)C)ccn5)c4c3)cc(C(C)(C)c3ccccc3)c1)CN2c1cc(C(C)(C)C)cc(C(C)(C)C)c1. The average Bonchev–Trinajstić information content (AvgIpc) is 3.88. The zero-order valence-electron chi connectivity index (χ0n) is 46.0. The number of pyridine rings is 1. The predicted molar refractivity (Wildman–Crippen MR) is 310 cm³/mol. The zero-order chi connectivity index (χ0) is 52.0. The Morgan fingerprint density at radius 2 is 0.932 bits per heavy atom. The normalized spacial score (nSPS) is 13.6. The van der Waals surface area contributed by atoms with Crippen LogP contribution in [0.4, 0.5) is 22.7 Å². The maximum atomic E-state index is 7.23. The Hall–Kier alpha value is -7.11. The molecule has 372 valence electrons. The highest BCUT2D eigenvalue weighted by atomic mass is 16.5. The van der Waals surface area contributed by atoms with E-state index < -0.39 is 0 Å². The van der Waals surface area contributed by atoms with Crippen LogP contribution in [-0.4, -0.2) is 16.2 Å². The van der Waals surface area contributed by atoms with Crippen molar-refractivity contribution in [3.05, 3.63) is 214 Å². The van der Waals surface area contributed by atoms with E-state index in [4.69, 9.17) is 9.72 Å². The molecule has 9 aromatic rings. The number of fused-ring (bicyclic) bond motifs is 4. The van der Waals surface area contributed by atoms with Gasteiger partial charge >= 0.3 is 0 Å². The van der Waals surface area contributed by atoms with Gasteiger partial charge in [-0.05, 0) is 153 Å². The highest BCUT2D eigenvalue weighted by Crippen LogP contribution is 2.49. The molecule has 0 unspecified atom stereocenters. The molecular weight excluding hydrogens is 889 g/mol. The molecule has 2 aromatic heterocycles. The fourth-order valence-electron chi connectivity index (χ4n) is 10.6. The molecule has 0 amide bonds. The van der Waals surface area contributed by atoms with Crippen LogP contribution in [0.25, 0.3) is 27.6 Å². The second kappa shape index (κ2) is 17.8. The average molecular weight is 963 g/mol. The molecule has 1 aliphatic rings. The smallest absolute Gasteiger partial charge is 0.137 e. The number of ether oxygens (including phenoxy) is 1. The quantitative estimate of drug-likeness (QED) is 0.144. The molecule has 10 rings (SSSR count). The van der Waals surface area contributed by atoms with Crippen molar-refractivity contribution in [3.8, 4) is 17.3 Å². The van der Waals surface area contributed by atoms with Gasteiger partial charge in [-0.2, -0.15) is 0 Å². The van der Waals surface area contributed by atoms with Crippen LogP contribution in [0.15, 0.2) is 164 Å². The van der Waals surface area contributed by atoms with Crippen molar-refractivity contribution >= 4 is 44.6 Å². The number of anilines is 4. The van der Waals surface area contributed by atoms with Gasteiger partial charge in [0.15, 0.2) is 0 Å². The molecule has 7 aromatic carbocycles. The van der Waals surface area contributed by atoms with Gasteiger partial charge in [0.25, 0.3) is 0 Å². The predicted octanol–water partition coefficient (Wildman–Crippen LogP) is 18.4. The first-order valence-corrected chi connectivity index (χ1v) is 26.2. The summed E-state index contributed by atoms with van der Waals surface area (Å²) in [6, 6.07) is 58.5. The molecule has 0 spiro atoms. The summed E-state index contributed by atoms with van der Waals surface area (Å²) in [7, 11) is 0. The Bertz CT molecular complexity index is 3510. The van der Waals surface area contributed by atoms with Gasteiger partial charge in [-0.15, -0.1) is 0 Å². The van der Waals surface area contributed by atoms with E-state index in [9.17, 15) is 0 Å². The van der Waals surface area contributed by atoms with E-state index in [2.05, 4.69) is 276 Å². The van der Waals surface area contributed by atoms with Crippen molar-refractivity contribution in [3.63, 3.8) is 0 Å². The number of hydrogen-bond donors (Lipinski definition) is 0. The summed E-state index contributed by atoms with van der Waals surface area (Å²) in [5, 5.41) is 2.34. The van der Waals surface area contributed by atoms with Crippen LogP contribution < -0.4 is 14.5 Å². The topological polar surface area (TPSA) is 33.5 Å². The first-order chi connectivity index (χ1) is 34.4. The van der Waals surface area contributed by atoms with Crippen LogP contribution in [0, 0.1) is 13.8 Å². The van der Waals surface area contributed by atoms with Gasteiger partial charge < -0.3 is 14.5 Å². The molecule has 0 saturated heterocycles. The lowest BCUT2D eigenvalue weighted by Gasteiger charge is -2.30. The third-order valence-electron chi connectivity index (χ3n) is 15.9. The molecule has 0 aliphatic carbocycles. The molecule has 0 radical (unpaired) electrons. The van der Waals surface area contributed by atoms with Crippen LogP contribution in [0.3, 0.4) is 0 Å². The molecule has 0 fully saturated rings. The fraction of sp³-hybridized carbons (Fsp3) is 0.309. The molecule has 73 heavy (non-hydrogen) atoms. The van der Waals surface area contributed by atoms with Gasteiger partial charge in [0, 0.05) is 51.3 Å². The van der Waals surface area contributed by atoms with Crippen molar-refractivity contribution < 1.29 is 4.74 Å². The molecule has 0 N–H and O–H groups in total. The van der Waals surface area contributed by atoms with Gasteiger partial charge in [-0.1, -0.05) is 163 Å². The fourth-order valence-corrected chi connectivity index (χ4v) is 10.6. The Balaban J connectivity index is 1.14. The van der Waals surface area contributed by atoms with E-state index >= 15 is 0 Å². The van der Waals surface area contributed by atoms with Crippen molar-refractivity contribution in [1.82, 2.24) is 9.55 Å². The summed E-state index contributed by atoms with van der Waals surface area (Å²) in [5.41, 5.74) is 17.6. The van der Waals surface area contributed by atoms with E-state index in [1.54, 1.807) is 0 Å². The van der Waals surface area contributed by atoms with E-state index in [0.717, 1.165) is 39.4 Å². The number of aromatic nitrogens is 2. The van der Waals surface area contributed by atoms with Crippen LogP contribution in [0.5, 0.6) is 11.5 Å². The van der Waals surface area contributed by atoms with Gasteiger partial charge in [0.1, 0.15) is 24.0 Å². The minimum atomic E-state index is -0.338. The standard InChI is InChI=1S/C68H74N4O/c1-44-32-61-62(33-45(44)2)71(43-70(61)53-35-50(65(6,7)8)34-51(36-53)66(9,10)11)54-37-52(68(14,15)47-24-20-17-21-25-47)38-56(41-54)73-55-27-28-57-58-39-49(67(12,13)46-22-18-16-19-23-46)26-29-59(58)72(60(57)42-55)63-40-48(30-31-69-63)64(3,4)5/h16-42H,43H2,1-15H3. The number of rotatable bonds is 9. The molecule has 3 heterocycles. The summed E-state index contributed by atoms with van der Waals surface area (Å²) in [4.78, 5) is 10.1. The molecule has 5 heteroatoms. The van der Waals surface area contributed by atoms with E-state index in [1.807, 2.05) is 6.20 Å². The maximum Gasteiger partial charge on any atom is 0.137 e. The lowest BCUT2D eigenvalue weighted by molar-refractivity contribution is 0.480. The molecule has 0 bridgehead atoms. The second-order valence-electron chi connectivity index (χ2n) is 24.9. The Labute approximate surface area is 435 Å². The van der Waals surface area contributed by atoms with Crippen LogP contribution in [0.2, 0.25) is 0 Å². The van der Waals surface area contributed by atoms with Gasteiger partial charge in [0.05, 0.1) is 22.4 Å². The van der Waals surface area contributed by atoms with Crippen LogP contribution >= 0.6 is 0 Å². The summed E-state index contributed by atoms with van der Waals surface area (Å²) in [5.74, 6) is 2.43. The molecule has 0 atom stereocenters. The summed E-state index contributed by atoms with van der Waals surface area (Å²) < 4.78 is 9.56. The summed E-state index contributed by atoms with van der Waals surface area (Å²) in [6.07, 6.45) is 1.95. The summed E-state index contributed by atoms with van der Waals surface area (Å²) >= 11 is 0. The Kier molecular flexibility index (Phi) is 12.1.